The van der Waals surface area contributed by atoms with Gasteiger partial charge in [0.15, 0.2) is 0 Å². The highest BCUT2D eigenvalue weighted by atomic mass is 32.2. The topological polar surface area (TPSA) is 35.2 Å². The molecule has 1 aliphatic heterocycles. The van der Waals surface area contributed by atoms with Crippen molar-refractivity contribution >= 4 is 17.4 Å². The Morgan fingerprint density at radius 3 is 2.88 bits per heavy atom. The van der Waals surface area contributed by atoms with Gasteiger partial charge in [-0.2, -0.15) is 0 Å². The first kappa shape index (κ1) is 11.8. The first-order chi connectivity index (χ1) is 7.65. The van der Waals surface area contributed by atoms with Gasteiger partial charge in [0.05, 0.1) is 12.2 Å². The summed E-state index contributed by atoms with van der Waals surface area (Å²) in [6.07, 6.45) is 3.27. The number of ether oxygens (including phenoxy) is 1. The Bertz CT molecular complexity index is 367. The van der Waals surface area contributed by atoms with E-state index in [0.717, 1.165) is 11.4 Å². The number of aryl methyl sites for hydroxylation is 1. The van der Waals surface area contributed by atoms with Crippen LogP contribution < -0.4 is 5.73 Å². The van der Waals surface area contributed by atoms with Gasteiger partial charge in [-0.25, -0.2) is 0 Å². The van der Waals surface area contributed by atoms with E-state index in [0.29, 0.717) is 12.2 Å². The molecule has 1 aromatic rings. The molecule has 1 aromatic carbocycles. The molecule has 0 spiro atoms. The van der Waals surface area contributed by atoms with E-state index < -0.39 is 0 Å². The average Bonchev–Trinajstić information content (AvgIpc) is 2.63. The fraction of sp³-hybridized carbons (Fsp3) is 0.538. The number of hydrogen-bond donors (Lipinski definition) is 1. The Labute approximate surface area is 102 Å². The molecule has 0 aliphatic carbocycles. The maximum absolute atomic E-state index is 5.80. The lowest BCUT2D eigenvalue weighted by atomic mass is 10.2. The van der Waals surface area contributed by atoms with Crippen LogP contribution in [0.25, 0.3) is 0 Å². The van der Waals surface area contributed by atoms with Crippen LogP contribution in [0.4, 0.5) is 5.69 Å². The molecule has 2 atom stereocenters. The molecule has 88 valence electrons. The Balaban J connectivity index is 1.89. The number of nitrogens with two attached hydrogens (primary N) is 1. The normalized spacial score (nSPS) is 24.9. The first-order valence-electron chi connectivity index (χ1n) is 5.79. The molecular formula is C13H19NOS. The SMILES string of the molecule is Cc1cc(N)ccc1SCC1CCC(C)O1. The highest BCUT2D eigenvalue weighted by Gasteiger charge is 2.21. The van der Waals surface area contributed by atoms with Gasteiger partial charge in [-0.15, -0.1) is 11.8 Å². The van der Waals surface area contributed by atoms with Gasteiger partial charge >= 0.3 is 0 Å². The minimum Gasteiger partial charge on any atom is -0.399 e. The van der Waals surface area contributed by atoms with Crippen LogP contribution in [-0.4, -0.2) is 18.0 Å². The molecule has 3 heteroatoms. The summed E-state index contributed by atoms with van der Waals surface area (Å²) in [5.41, 5.74) is 7.83. The van der Waals surface area contributed by atoms with Crippen LogP contribution in [0.15, 0.2) is 23.1 Å². The molecule has 0 radical (unpaired) electrons. The first-order valence-corrected chi connectivity index (χ1v) is 6.78. The third kappa shape index (κ3) is 2.92. The Hall–Kier alpha value is -0.670. The van der Waals surface area contributed by atoms with Gasteiger partial charge in [-0.3, -0.25) is 0 Å². The zero-order valence-electron chi connectivity index (χ0n) is 9.90. The number of anilines is 1. The molecule has 0 aromatic heterocycles. The third-order valence-corrected chi connectivity index (χ3v) is 4.25. The van der Waals surface area contributed by atoms with E-state index >= 15 is 0 Å². The van der Waals surface area contributed by atoms with Crippen LogP contribution in [0.1, 0.15) is 25.3 Å². The van der Waals surface area contributed by atoms with Crippen LogP contribution in [-0.2, 0) is 4.74 Å². The molecule has 0 amide bonds. The summed E-state index contributed by atoms with van der Waals surface area (Å²) >= 11 is 1.87. The van der Waals surface area contributed by atoms with Crippen molar-refractivity contribution in [3.05, 3.63) is 23.8 Å². The minimum atomic E-state index is 0.428. The number of hydrogen-bond acceptors (Lipinski definition) is 3. The van der Waals surface area contributed by atoms with Crippen molar-refractivity contribution in [2.75, 3.05) is 11.5 Å². The van der Waals surface area contributed by atoms with Gasteiger partial charge in [0.2, 0.25) is 0 Å². The molecule has 0 bridgehead atoms. The lowest BCUT2D eigenvalue weighted by Gasteiger charge is -2.12. The summed E-state index contributed by atoms with van der Waals surface area (Å²) in [6.45, 7) is 4.26. The van der Waals surface area contributed by atoms with Crippen molar-refractivity contribution in [3.63, 3.8) is 0 Å². The van der Waals surface area contributed by atoms with E-state index in [9.17, 15) is 0 Å². The molecule has 1 heterocycles. The smallest absolute Gasteiger partial charge is 0.0673 e. The minimum absolute atomic E-state index is 0.428. The molecule has 2 unspecified atom stereocenters. The van der Waals surface area contributed by atoms with Crippen LogP contribution >= 0.6 is 11.8 Å². The molecule has 2 nitrogen and oxygen atoms in total. The summed E-state index contributed by atoms with van der Waals surface area (Å²) in [5, 5.41) is 0. The highest BCUT2D eigenvalue weighted by Crippen LogP contribution is 2.29. The van der Waals surface area contributed by atoms with Gasteiger partial charge in [-0.05, 0) is 50.5 Å². The van der Waals surface area contributed by atoms with E-state index in [1.165, 1.54) is 23.3 Å². The lowest BCUT2D eigenvalue weighted by molar-refractivity contribution is 0.0700. The fourth-order valence-corrected chi connectivity index (χ4v) is 3.09. The molecule has 1 aliphatic rings. The Morgan fingerprint density at radius 1 is 1.44 bits per heavy atom. The quantitative estimate of drug-likeness (QED) is 0.647. The number of benzene rings is 1. The van der Waals surface area contributed by atoms with Gasteiger partial charge in [0, 0.05) is 16.3 Å². The number of rotatable bonds is 3. The van der Waals surface area contributed by atoms with Gasteiger partial charge in [0.1, 0.15) is 0 Å². The molecular weight excluding hydrogens is 218 g/mol. The van der Waals surface area contributed by atoms with Gasteiger partial charge in [0.25, 0.3) is 0 Å². The summed E-state index contributed by atoms with van der Waals surface area (Å²) in [5.74, 6) is 1.05. The van der Waals surface area contributed by atoms with E-state index in [2.05, 4.69) is 19.9 Å². The van der Waals surface area contributed by atoms with E-state index in [-0.39, 0.29) is 0 Å². The second-order valence-electron chi connectivity index (χ2n) is 4.48. The lowest BCUT2D eigenvalue weighted by Crippen LogP contribution is -2.10. The molecule has 0 saturated carbocycles. The maximum atomic E-state index is 5.80. The summed E-state index contributed by atoms with van der Waals surface area (Å²) in [7, 11) is 0. The van der Waals surface area contributed by atoms with E-state index in [1.807, 2.05) is 23.9 Å². The van der Waals surface area contributed by atoms with Crippen LogP contribution in [0.3, 0.4) is 0 Å². The standard InChI is InChI=1S/C13H19NOS/c1-9-7-11(14)4-6-13(9)16-8-12-5-3-10(2)15-12/h4,6-7,10,12H,3,5,8,14H2,1-2H3. The number of nitrogen functional groups attached to an aromatic ring is 1. The van der Waals surface area contributed by atoms with Crippen LogP contribution in [0.2, 0.25) is 0 Å². The summed E-state index contributed by atoms with van der Waals surface area (Å²) in [4.78, 5) is 1.32. The van der Waals surface area contributed by atoms with E-state index in [1.54, 1.807) is 0 Å². The molecule has 1 saturated heterocycles. The summed E-state index contributed by atoms with van der Waals surface area (Å²) in [6, 6.07) is 6.10. The zero-order valence-corrected chi connectivity index (χ0v) is 10.7. The Morgan fingerprint density at radius 2 is 2.25 bits per heavy atom. The number of thioether (sulfide) groups is 1. The monoisotopic (exact) mass is 237 g/mol. The van der Waals surface area contributed by atoms with Crippen LogP contribution in [0.5, 0.6) is 0 Å². The van der Waals surface area contributed by atoms with Crippen molar-refractivity contribution in [1.29, 1.82) is 0 Å². The third-order valence-electron chi connectivity index (χ3n) is 2.94. The molecule has 2 N–H and O–H groups in total. The predicted octanol–water partition coefficient (Wildman–Crippen LogP) is 3.24. The Kier molecular flexibility index (Phi) is 3.77. The highest BCUT2D eigenvalue weighted by molar-refractivity contribution is 7.99. The van der Waals surface area contributed by atoms with Crippen molar-refractivity contribution in [3.8, 4) is 0 Å². The van der Waals surface area contributed by atoms with Gasteiger partial charge in [-0.1, -0.05) is 0 Å². The largest absolute Gasteiger partial charge is 0.399 e. The fourth-order valence-electron chi connectivity index (χ4n) is 2.03. The molecule has 2 rings (SSSR count). The van der Waals surface area contributed by atoms with Gasteiger partial charge < -0.3 is 10.5 Å². The van der Waals surface area contributed by atoms with Crippen molar-refractivity contribution in [2.24, 2.45) is 0 Å². The second kappa shape index (κ2) is 5.11. The average molecular weight is 237 g/mol. The van der Waals surface area contributed by atoms with E-state index in [4.69, 9.17) is 10.5 Å². The summed E-state index contributed by atoms with van der Waals surface area (Å²) < 4.78 is 5.80. The predicted molar refractivity (Wildman–Crippen MR) is 69.9 cm³/mol. The molecule has 16 heavy (non-hydrogen) atoms. The van der Waals surface area contributed by atoms with Crippen molar-refractivity contribution in [1.82, 2.24) is 0 Å². The van der Waals surface area contributed by atoms with Crippen LogP contribution in [0, 0.1) is 6.92 Å². The van der Waals surface area contributed by atoms with Crippen molar-refractivity contribution in [2.45, 2.75) is 43.8 Å². The molecule has 1 fully saturated rings. The maximum Gasteiger partial charge on any atom is 0.0673 e. The van der Waals surface area contributed by atoms with Crippen molar-refractivity contribution < 1.29 is 4.74 Å². The zero-order chi connectivity index (χ0) is 11.5. The second-order valence-corrected chi connectivity index (χ2v) is 5.54.